The molecule has 1 unspecified atom stereocenters. The molecule has 1 aromatic rings. The van der Waals surface area contributed by atoms with Gasteiger partial charge in [-0.3, -0.25) is 4.79 Å². The molecule has 2 fully saturated rings. The van der Waals surface area contributed by atoms with Crippen molar-refractivity contribution in [3.8, 4) is 6.07 Å². The van der Waals surface area contributed by atoms with Gasteiger partial charge in [0.15, 0.2) is 6.10 Å². The van der Waals surface area contributed by atoms with Gasteiger partial charge in [0.05, 0.1) is 13.2 Å². The third kappa shape index (κ3) is 2.86. The maximum atomic E-state index is 12.0. The number of nitriles is 1. The molecule has 0 bridgehead atoms. The lowest BCUT2D eigenvalue weighted by atomic mass is 10.2. The summed E-state index contributed by atoms with van der Waals surface area (Å²) < 4.78 is 5.50. The van der Waals surface area contributed by atoms with Gasteiger partial charge in [0.1, 0.15) is 11.8 Å². The van der Waals surface area contributed by atoms with Crippen molar-refractivity contribution in [2.24, 2.45) is 0 Å². The van der Waals surface area contributed by atoms with E-state index in [2.05, 4.69) is 15.3 Å². The summed E-state index contributed by atoms with van der Waals surface area (Å²) in [5.41, 5.74) is 0.320. The molecule has 0 spiro atoms. The molecule has 1 aromatic heterocycles. The zero-order valence-corrected chi connectivity index (χ0v) is 11.0. The monoisotopic (exact) mass is 273 g/mol. The van der Waals surface area contributed by atoms with Crippen molar-refractivity contribution in [2.45, 2.75) is 25.0 Å². The van der Waals surface area contributed by atoms with Crippen molar-refractivity contribution >= 4 is 11.9 Å². The van der Waals surface area contributed by atoms with Crippen molar-refractivity contribution in [2.75, 3.05) is 24.6 Å². The van der Waals surface area contributed by atoms with Gasteiger partial charge in [-0.15, -0.1) is 0 Å². The topological polar surface area (TPSA) is 91.1 Å². The second kappa shape index (κ2) is 5.43. The van der Waals surface area contributed by atoms with Crippen LogP contribution >= 0.6 is 0 Å². The summed E-state index contributed by atoms with van der Waals surface area (Å²) in [7, 11) is 0. The van der Waals surface area contributed by atoms with E-state index in [1.54, 1.807) is 12.3 Å². The van der Waals surface area contributed by atoms with Crippen LogP contribution in [0.4, 0.5) is 5.95 Å². The molecule has 104 valence electrons. The van der Waals surface area contributed by atoms with Crippen LogP contribution in [-0.2, 0) is 9.53 Å². The van der Waals surface area contributed by atoms with E-state index in [9.17, 15) is 4.79 Å². The molecular weight excluding hydrogens is 258 g/mol. The van der Waals surface area contributed by atoms with Crippen LogP contribution in [0, 0.1) is 11.3 Å². The van der Waals surface area contributed by atoms with Crippen LogP contribution in [-0.4, -0.2) is 47.7 Å². The molecule has 1 aliphatic carbocycles. The lowest BCUT2D eigenvalue weighted by Crippen LogP contribution is -2.50. The summed E-state index contributed by atoms with van der Waals surface area (Å²) in [4.78, 5) is 22.2. The predicted octanol–water partition coefficient (Wildman–Crippen LogP) is -0.168. The summed E-state index contributed by atoms with van der Waals surface area (Å²) in [5.74, 6) is 0.394. The Bertz CT molecular complexity index is 552. The normalized spacial score (nSPS) is 22.1. The highest BCUT2D eigenvalue weighted by Crippen LogP contribution is 2.20. The number of carbonyl (C=O) groups excluding carboxylic acids is 1. The third-order valence-corrected chi connectivity index (χ3v) is 3.32. The maximum absolute atomic E-state index is 12.0. The predicted molar refractivity (Wildman–Crippen MR) is 69.9 cm³/mol. The fraction of sp³-hybridized carbons (Fsp3) is 0.538. The third-order valence-electron chi connectivity index (χ3n) is 3.32. The molecule has 1 N–H and O–H groups in total. The molecule has 2 heterocycles. The SMILES string of the molecule is N#Cc1ccnc(N2CCOC(C(=O)NC3CC3)C2)n1. The minimum absolute atomic E-state index is 0.0753. The van der Waals surface area contributed by atoms with Crippen LogP contribution in [0.15, 0.2) is 12.3 Å². The van der Waals surface area contributed by atoms with Crippen molar-refractivity contribution < 1.29 is 9.53 Å². The van der Waals surface area contributed by atoms with E-state index in [1.165, 1.54) is 0 Å². The zero-order chi connectivity index (χ0) is 13.9. The fourth-order valence-electron chi connectivity index (χ4n) is 2.07. The van der Waals surface area contributed by atoms with E-state index in [4.69, 9.17) is 10.00 Å². The number of nitrogens with one attached hydrogen (secondary N) is 1. The van der Waals surface area contributed by atoms with E-state index in [0.29, 0.717) is 37.4 Å². The number of morpholine rings is 1. The number of hydrogen-bond donors (Lipinski definition) is 1. The summed E-state index contributed by atoms with van der Waals surface area (Å²) >= 11 is 0. The Morgan fingerprint density at radius 1 is 1.55 bits per heavy atom. The Balaban J connectivity index is 1.67. The van der Waals surface area contributed by atoms with Crippen LogP contribution in [0.3, 0.4) is 0 Å². The van der Waals surface area contributed by atoms with Crippen LogP contribution in [0.1, 0.15) is 18.5 Å². The van der Waals surface area contributed by atoms with Gasteiger partial charge >= 0.3 is 0 Å². The molecule has 1 saturated carbocycles. The molecule has 1 atom stereocenters. The number of aromatic nitrogens is 2. The number of nitrogens with zero attached hydrogens (tertiary/aromatic N) is 4. The molecule has 1 saturated heterocycles. The first kappa shape index (κ1) is 12.8. The number of ether oxygens (including phenoxy) is 1. The maximum Gasteiger partial charge on any atom is 0.251 e. The molecule has 0 aromatic carbocycles. The Morgan fingerprint density at radius 3 is 3.15 bits per heavy atom. The highest BCUT2D eigenvalue weighted by molar-refractivity contribution is 5.82. The van der Waals surface area contributed by atoms with Crippen molar-refractivity contribution in [1.82, 2.24) is 15.3 Å². The number of carbonyl (C=O) groups is 1. The molecule has 2 aliphatic rings. The lowest BCUT2D eigenvalue weighted by Gasteiger charge is -2.32. The highest BCUT2D eigenvalue weighted by atomic mass is 16.5. The standard InChI is InChI=1S/C13H15N5O2/c14-7-10-3-4-15-13(17-10)18-5-6-20-11(8-18)12(19)16-9-1-2-9/h3-4,9,11H,1-2,5-6,8H2,(H,16,19). The van der Waals surface area contributed by atoms with Gasteiger partial charge < -0.3 is 15.0 Å². The summed E-state index contributed by atoms with van der Waals surface area (Å²) in [6, 6.07) is 3.86. The summed E-state index contributed by atoms with van der Waals surface area (Å²) in [6.45, 7) is 1.47. The van der Waals surface area contributed by atoms with E-state index >= 15 is 0 Å². The Morgan fingerprint density at radius 2 is 2.40 bits per heavy atom. The molecule has 7 nitrogen and oxygen atoms in total. The number of hydrogen-bond acceptors (Lipinski definition) is 6. The summed E-state index contributed by atoms with van der Waals surface area (Å²) in [6.07, 6.45) is 3.15. The van der Waals surface area contributed by atoms with Gasteiger partial charge in [0.25, 0.3) is 5.91 Å². The Hall–Kier alpha value is -2.20. The first-order chi connectivity index (χ1) is 9.76. The lowest BCUT2D eigenvalue weighted by molar-refractivity contribution is -0.133. The van der Waals surface area contributed by atoms with Gasteiger partial charge in [0.2, 0.25) is 5.95 Å². The molecular formula is C13H15N5O2. The first-order valence-electron chi connectivity index (χ1n) is 6.66. The van der Waals surface area contributed by atoms with Crippen LogP contribution in [0.2, 0.25) is 0 Å². The van der Waals surface area contributed by atoms with Crippen LogP contribution in [0.25, 0.3) is 0 Å². The minimum Gasteiger partial charge on any atom is -0.365 e. The molecule has 7 heteroatoms. The van der Waals surface area contributed by atoms with Crippen LogP contribution < -0.4 is 10.2 Å². The van der Waals surface area contributed by atoms with Gasteiger partial charge in [0, 0.05) is 18.8 Å². The number of rotatable bonds is 3. The van der Waals surface area contributed by atoms with Crippen LogP contribution in [0.5, 0.6) is 0 Å². The second-order valence-electron chi connectivity index (χ2n) is 4.94. The average molecular weight is 273 g/mol. The molecule has 1 aliphatic heterocycles. The smallest absolute Gasteiger partial charge is 0.251 e. The van der Waals surface area contributed by atoms with Gasteiger partial charge in [-0.25, -0.2) is 9.97 Å². The van der Waals surface area contributed by atoms with Gasteiger partial charge in [-0.2, -0.15) is 5.26 Å². The van der Waals surface area contributed by atoms with E-state index in [0.717, 1.165) is 12.8 Å². The first-order valence-corrected chi connectivity index (χ1v) is 6.66. The largest absolute Gasteiger partial charge is 0.365 e. The molecule has 0 radical (unpaired) electrons. The van der Waals surface area contributed by atoms with E-state index < -0.39 is 6.10 Å². The Kier molecular flexibility index (Phi) is 3.48. The molecule has 3 rings (SSSR count). The molecule has 20 heavy (non-hydrogen) atoms. The van der Waals surface area contributed by atoms with Crippen molar-refractivity contribution in [3.05, 3.63) is 18.0 Å². The quantitative estimate of drug-likeness (QED) is 0.822. The highest BCUT2D eigenvalue weighted by Gasteiger charge is 2.31. The zero-order valence-electron chi connectivity index (χ0n) is 11.0. The number of amides is 1. The van der Waals surface area contributed by atoms with Crippen molar-refractivity contribution in [3.63, 3.8) is 0 Å². The summed E-state index contributed by atoms with van der Waals surface area (Å²) in [5, 5.41) is 11.8. The van der Waals surface area contributed by atoms with E-state index in [1.807, 2.05) is 11.0 Å². The fourth-order valence-corrected chi connectivity index (χ4v) is 2.07. The van der Waals surface area contributed by atoms with Crippen molar-refractivity contribution in [1.29, 1.82) is 5.26 Å². The second-order valence-corrected chi connectivity index (χ2v) is 4.94. The Labute approximate surface area is 116 Å². The van der Waals surface area contributed by atoms with Gasteiger partial charge in [-0.1, -0.05) is 0 Å². The number of anilines is 1. The minimum atomic E-state index is -0.501. The van der Waals surface area contributed by atoms with Gasteiger partial charge in [-0.05, 0) is 18.9 Å². The van der Waals surface area contributed by atoms with E-state index in [-0.39, 0.29) is 5.91 Å². The average Bonchev–Trinajstić information content (AvgIpc) is 3.31. The molecule has 1 amide bonds.